The van der Waals surface area contributed by atoms with Crippen molar-refractivity contribution in [2.75, 3.05) is 13.1 Å². The minimum Gasteiger partial charge on any atom is -0.335 e. The molecule has 1 saturated carbocycles. The number of nitrogens with zero attached hydrogens (tertiary/aromatic N) is 3. The molecule has 0 spiro atoms. The molecule has 2 aromatic rings. The standard InChI is InChI=1S/C21H26F2N4O/c1-26-12-15(9-25-26)18-10-24-11-19(18)21(28)27(17-4-2-3-5-17)13-14-6-7-16(22)8-20(14)23/h6-9,12,17-19,24H,2-5,10-11,13H2,1H3/t18-,19+/m1/s1. The molecule has 150 valence electrons. The molecule has 2 fully saturated rings. The van der Waals surface area contributed by atoms with E-state index in [1.54, 1.807) is 4.68 Å². The van der Waals surface area contributed by atoms with Crippen LogP contribution in [0.3, 0.4) is 0 Å². The number of amides is 1. The lowest BCUT2D eigenvalue weighted by atomic mass is 9.89. The Morgan fingerprint density at radius 3 is 2.75 bits per heavy atom. The van der Waals surface area contributed by atoms with Crippen molar-refractivity contribution in [3.05, 3.63) is 53.4 Å². The first-order valence-corrected chi connectivity index (χ1v) is 9.96. The number of carbonyl (C=O) groups is 1. The molecule has 0 bridgehead atoms. The van der Waals surface area contributed by atoms with E-state index in [9.17, 15) is 13.6 Å². The van der Waals surface area contributed by atoms with E-state index in [0.29, 0.717) is 12.1 Å². The third-order valence-electron chi connectivity index (χ3n) is 6.09. The minimum absolute atomic E-state index is 0.0504. The molecule has 1 N–H and O–H groups in total. The quantitative estimate of drug-likeness (QED) is 0.857. The van der Waals surface area contributed by atoms with E-state index >= 15 is 0 Å². The largest absolute Gasteiger partial charge is 0.335 e. The van der Waals surface area contributed by atoms with Gasteiger partial charge in [-0.15, -0.1) is 0 Å². The van der Waals surface area contributed by atoms with Crippen molar-refractivity contribution in [1.82, 2.24) is 20.0 Å². The van der Waals surface area contributed by atoms with E-state index < -0.39 is 11.6 Å². The Labute approximate surface area is 163 Å². The number of hydrogen-bond donors (Lipinski definition) is 1. The summed E-state index contributed by atoms with van der Waals surface area (Å²) < 4.78 is 29.3. The van der Waals surface area contributed by atoms with Crippen LogP contribution in [0.2, 0.25) is 0 Å². The lowest BCUT2D eigenvalue weighted by Crippen LogP contribution is -2.43. The van der Waals surface area contributed by atoms with Crippen LogP contribution in [0.15, 0.2) is 30.6 Å². The lowest BCUT2D eigenvalue weighted by Gasteiger charge is -2.33. The third-order valence-corrected chi connectivity index (χ3v) is 6.09. The first-order chi connectivity index (χ1) is 13.5. The predicted octanol–water partition coefficient (Wildman–Crippen LogP) is 2.97. The topological polar surface area (TPSA) is 50.2 Å². The molecule has 0 radical (unpaired) electrons. The summed E-state index contributed by atoms with van der Waals surface area (Å²) in [5, 5.41) is 7.57. The second kappa shape index (κ2) is 7.99. The first kappa shape index (κ1) is 19.1. The fourth-order valence-electron chi connectivity index (χ4n) is 4.57. The molecule has 4 rings (SSSR count). The summed E-state index contributed by atoms with van der Waals surface area (Å²) in [7, 11) is 1.87. The Morgan fingerprint density at radius 1 is 1.29 bits per heavy atom. The number of aromatic nitrogens is 2. The van der Waals surface area contributed by atoms with Gasteiger partial charge in [0.25, 0.3) is 0 Å². The summed E-state index contributed by atoms with van der Waals surface area (Å²) in [5.74, 6) is -1.29. The Balaban J connectivity index is 1.59. The van der Waals surface area contributed by atoms with Gasteiger partial charge in [-0.05, 0) is 24.5 Å². The predicted molar refractivity (Wildman–Crippen MR) is 101 cm³/mol. The van der Waals surface area contributed by atoms with Crippen molar-refractivity contribution < 1.29 is 13.6 Å². The van der Waals surface area contributed by atoms with Crippen LogP contribution in [0.5, 0.6) is 0 Å². The van der Waals surface area contributed by atoms with Crippen LogP contribution in [0, 0.1) is 17.6 Å². The van der Waals surface area contributed by atoms with E-state index in [0.717, 1.165) is 43.9 Å². The molecule has 1 aromatic carbocycles. The average Bonchev–Trinajstić information content (AvgIpc) is 3.41. The van der Waals surface area contributed by atoms with Crippen LogP contribution in [-0.2, 0) is 18.4 Å². The summed E-state index contributed by atoms with van der Waals surface area (Å²) in [6, 6.07) is 3.71. The Bertz CT molecular complexity index is 847. The van der Waals surface area contributed by atoms with Crippen LogP contribution in [0.1, 0.15) is 42.7 Å². The number of benzene rings is 1. The first-order valence-electron chi connectivity index (χ1n) is 9.96. The summed E-state index contributed by atoms with van der Waals surface area (Å²) in [6.45, 7) is 1.52. The van der Waals surface area contributed by atoms with Gasteiger partial charge in [-0.1, -0.05) is 18.9 Å². The van der Waals surface area contributed by atoms with Gasteiger partial charge in [0.2, 0.25) is 5.91 Å². The Morgan fingerprint density at radius 2 is 2.07 bits per heavy atom. The number of rotatable bonds is 5. The molecule has 1 aliphatic heterocycles. The Hall–Kier alpha value is -2.28. The molecule has 2 heterocycles. The number of aryl methyl sites for hydroxylation is 1. The maximum atomic E-state index is 14.3. The molecule has 1 amide bonds. The van der Waals surface area contributed by atoms with Crippen molar-refractivity contribution >= 4 is 5.91 Å². The van der Waals surface area contributed by atoms with E-state index in [-0.39, 0.29) is 30.3 Å². The zero-order valence-corrected chi connectivity index (χ0v) is 16.1. The Kier molecular flexibility index (Phi) is 5.44. The van der Waals surface area contributed by atoms with Gasteiger partial charge >= 0.3 is 0 Å². The fourth-order valence-corrected chi connectivity index (χ4v) is 4.57. The maximum Gasteiger partial charge on any atom is 0.228 e. The van der Waals surface area contributed by atoms with Crippen LogP contribution >= 0.6 is 0 Å². The second-order valence-corrected chi connectivity index (χ2v) is 7.96. The highest BCUT2D eigenvalue weighted by molar-refractivity contribution is 5.81. The maximum absolute atomic E-state index is 14.3. The molecule has 1 saturated heterocycles. The zero-order valence-electron chi connectivity index (χ0n) is 16.1. The molecule has 7 heteroatoms. The lowest BCUT2D eigenvalue weighted by molar-refractivity contribution is -0.138. The van der Waals surface area contributed by atoms with Crippen molar-refractivity contribution in [2.45, 2.75) is 44.2 Å². The number of halogens is 2. The van der Waals surface area contributed by atoms with Gasteiger partial charge in [0.1, 0.15) is 11.6 Å². The van der Waals surface area contributed by atoms with Gasteiger partial charge in [-0.2, -0.15) is 5.10 Å². The van der Waals surface area contributed by atoms with E-state index in [1.165, 1.54) is 12.1 Å². The van der Waals surface area contributed by atoms with Crippen LogP contribution in [0.4, 0.5) is 8.78 Å². The molecule has 5 nitrogen and oxygen atoms in total. The zero-order chi connectivity index (χ0) is 19.7. The van der Waals surface area contributed by atoms with Crippen molar-refractivity contribution in [3.63, 3.8) is 0 Å². The highest BCUT2D eigenvalue weighted by atomic mass is 19.1. The number of nitrogens with one attached hydrogen (secondary N) is 1. The van der Waals surface area contributed by atoms with Gasteiger partial charge in [0, 0.05) is 56.5 Å². The summed E-state index contributed by atoms with van der Waals surface area (Å²) >= 11 is 0. The van der Waals surface area contributed by atoms with E-state index in [2.05, 4.69) is 10.4 Å². The number of carbonyl (C=O) groups excluding carboxylic acids is 1. The van der Waals surface area contributed by atoms with Crippen LogP contribution < -0.4 is 5.32 Å². The summed E-state index contributed by atoms with van der Waals surface area (Å²) in [4.78, 5) is 15.4. The van der Waals surface area contributed by atoms with Crippen LogP contribution in [0.25, 0.3) is 0 Å². The SMILES string of the molecule is Cn1cc([C@H]2CNC[C@@H]2C(=O)N(Cc2ccc(F)cc2F)C2CCCC2)cn1. The van der Waals surface area contributed by atoms with Crippen molar-refractivity contribution in [2.24, 2.45) is 13.0 Å². The van der Waals surface area contributed by atoms with Gasteiger partial charge in [-0.25, -0.2) is 8.78 Å². The normalized spacial score (nSPS) is 22.7. The van der Waals surface area contributed by atoms with Gasteiger partial charge in [0.05, 0.1) is 12.1 Å². The van der Waals surface area contributed by atoms with Crippen molar-refractivity contribution in [1.29, 1.82) is 0 Å². The van der Waals surface area contributed by atoms with Gasteiger partial charge in [0.15, 0.2) is 0 Å². The van der Waals surface area contributed by atoms with Crippen molar-refractivity contribution in [3.8, 4) is 0 Å². The molecule has 28 heavy (non-hydrogen) atoms. The monoisotopic (exact) mass is 388 g/mol. The van der Waals surface area contributed by atoms with E-state index in [4.69, 9.17) is 0 Å². The molecular formula is C21H26F2N4O. The second-order valence-electron chi connectivity index (χ2n) is 7.96. The highest BCUT2D eigenvalue weighted by Gasteiger charge is 2.39. The summed E-state index contributed by atoms with van der Waals surface area (Å²) in [5.41, 5.74) is 1.41. The molecule has 1 aliphatic carbocycles. The third kappa shape index (κ3) is 3.81. The van der Waals surface area contributed by atoms with Gasteiger partial charge < -0.3 is 10.2 Å². The fraction of sp³-hybridized carbons (Fsp3) is 0.524. The van der Waals surface area contributed by atoms with Crippen LogP contribution in [-0.4, -0.2) is 39.7 Å². The molecule has 1 aromatic heterocycles. The minimum atomic E-state index is -0.600. The molecule has 2 aliphatic rings. The summed E-state index contributed by atoms with van der Waals surface area (Å²) in [6.07, 6.45) is 7.80. The molecule has 0 unspecified atom stereocenters. The smallest absolute Gasteiger partial charge is 0.228 e. The molecule has 2 atom stereocenters. The average molecular weight is 388 g/mol. The highest BCUT2D eigenvalue weighted by Crippen LogP contribution is 2.33. The van der Waals surface area contributed by atoms with E-state index in [1.807, 2.05) is 24.3 Å². The number of hydrogen-bond acceptors (Lipinski definition) is 3. The van der Waals surface area contributed by atoms with Gasteiger partial charge in [-0.3, -0.25) is 9.48 Å². The molecular weight excluding hydrogens is 362 g/mol.